The number of nitrogens with zero attached hydrogens (tertiary/aromatic N) is 1. The highest BCUT2D eigenvalue weighted by Crippen LogP contribution is 2.35. The van der Waals surface area contributed by atoms with Gasteiger partial charge in [-0.25, -0.2) is 8.42 Å². The Bertz CT molecular complexity index is 1040. The highest BCUT2D eigenvalue weighted by Gasteiger charge is 2.33. The number of ether oxygens (including phenoxy) is 1. The van der Waals surface area contributed by atoms with Gasteiger partial charge in [-0.05, 0) is 54.8 Å². The Balaban J connectivity index is 1.58. The first-order chi connectivity index (χ1) is 15.1. The SMILES string of the molecule is COc1ccc(S(=O)(=O)N2CCC(C(=O)NCC(C)(C)c3c(Cl)cccc3Cl)CC2)cc1. The van der Waals surface area contributed by atoms with Crippen LogP contribution in [-0.4, -0.2) is 45.4 Å². The van der Waals surface area contributed by atoms with E-state index in [2.05, 4.69) is 5.32 Å². The lowest BCUT2D eigenvalue weighted by molar-refractivity contribution is -0.126. The van der Waals surface area contributed by atoms with E-state index >= 15 is 0 Å². The number of methoxy groups -OCH3 is 1. The minimum absolute atomic E-state index is 0.0808. The van der Waals surface area contributed by atoms with Crippen LogP contribution in [0.5, 0.6) is 5.75 Å². The Morgan fingerprint density at radius 2 is 1.66 bits per heavy atom. The number of carbonyl (C=O) groups excluding carboxylic acids is 1. The zero-order chi connectivity index (χ0) is 23.5. The van der Waals surface area contributed by atoms with Crippen LogP contribution < -0.4 is 10.1 Å². The molecule has 1 heterocycles. The topological polar surface area (TPSA) is 75.7 Å². The second kappa shape index (κ2) is 10.00. The predicted octanol–water partition coefficient (Wildman–Crippen LogP) is 4.50. The van der Waals surface area contributed by atoms with Gasteiger partial charge >= 0.3 is 0 Å². The molecule has 9 heteroatoms. The van der Waals surface area contributed by atoms with Gasteiger partial charge in [0.05, 0.1) is 12.0 Å². The minimum Gasteiger partial charge on any atom is -0.497 e. The Morgan fingerprint density at radius 3 is 2.19 bits per heavy atom. The number of amides is 1. The van der Waals surface area contributed by atoms with Crippen molar-refractivity contribution in [2.45, 2.75) is 37.0 Å². The van der Waals surface area contributed by atoms with Crippen molar-refractivity contribution in [2.24, 2.45) is 5.92 Å². The average Bonchev–Trinajstić information content (AvgIpc) is 2.77. The Labute approximate surface area is 199 Å². The van der Waals surface area contributed by atoms with Crippen LogP contribution in [0.25, 0.3) is 0 Å². The number of carbonyl (C=O) groups is 1. The quantitative estimate of drug-likeness (QED) is 0.609. The minimum atomic E-state index is -3.60. The third kappa shape index (κ3) is 5.39. The van der Waals surface area contributed by atoms with E-state index in [-0.39, 0.29) is 16.7 Å². The summed E-state index contributed by atoms with van der Waals surface area (Å²) in [6.45, 7) is 4.92. The summed E-state index contributed by atoms with van der Waals surface area (Å²) in [6.07, 6.45) is 0.934. The molecule has 1 saturated heterocycles. The molecular weight excluding hydrogens is 471 g/mol. The molecule has 0 unspecified atom stereocenters. The molecule has 32 heavy (non-hydrogen) atoms. The van der Waals surface area contributed by atoms with E-state index in [0.29, 0.717) is 48.3 Å². The van der Waals surface area contributed by atoms with E-state index in [9.17, 15) is 13.2 Å². The van der Waals surface area contributed by atoms with Crippen molar-refractivity contribution in [2.75, 3.05) is 26.7 Å². The average molecular weight is 499 g/mol. The zero-order valence-corrected chi connectivity index (χ0v) is 20.7. The molecule has 6 nitrogen and oxygen atoms in total. The fourth-order valence-electron chi connectivity index (χ4n) is 3.94. The lowest BCUT2D eigenvalue weighted by Crippen LogP contribution is -2.45. The van der Waals surface area contributed by atoms with Crippen LogP contribution in [-0.2, 0) is 20.2 Å². The molecule has 0 radical (unpaired) electrons. The predicted molar refractivity (Wildman–Crippen MR) is 127 cm³/mol. The fourth-order valence-corrected chi connectivity index (χ4v) is 6.32. The Morgan fingerprint density at radius 1 is 1.09 bits per heavy atom. The number of sulfonamides is 1. The molecule has 0 bridgehead atoms. The van der Waals surface area contributed by atoms with Gasteiger partial charge in [0.2, 0.25) is 15.9 Å². The van der Waals surface area contributed by atoms with Crippen molar-refractivity contribution in [3.63, 3.8) is 0 Å². The second-order valence-electron chi connectivity index (χ2n) is 8.55. The van der Waals surface area contributed by atoms with E-state index in [1.165, 1.54) is 23.5 Å². The molecular formula is C23H28Cl2N2O4S. The molecule has 0 atom stereocenters. The summed E-state index contributed by atoms with van der Waals surface area (Å²) in [5, 5.41) is 4.13. The van der Waals surface area contributed by atoms with E-state index in [1.54, 1.807) is 30.3 Å². The van der Waals surface area contributed by atoms with E-state index in [4.69, 9.17) is 27.9 Å². The van der Waals surface area contributed by atoms with Crippen molar-refractivity contribution < 1.29 is 17.9 Å². The van der Waals surface area contributed by atoms with Crippen molar-refractivity contribution in [1.29, 1.82) is 0 Å². The van der Waals surface area contributed by atoms with Crippen molar-refractivity contribution in [1.82, 2.24) is 9.62 Å². The molecule has 1 amide bonds. The maximum Gasteiger partial charge on any atom is 0.243 e. The summed E-state index contributed by atoms with van der Waals surface area (Å²) in [6, 6.07) is 11.7. The number of rotatable bonds is 7. The number of piperidine rings is 1. The standard InChI is InChI=1S/C23H28Cl2N2O4S/c1-23(2,21-19(24)5-4-6-20(21)25)15-26-22(28)16-11-13-27(14-12-16)32(29,30)18-9-7-17(31-3)8-10-18/h4-10,16H,11-15H2,1-3H3,(H,26,28). The van der Waals surface area contributed by atoms with Crippen molar-refractivity contribution >= 4 is 39.1 Å². The van der Waals surface area contributed by atoms with Gasteiger partial charge < -0.3 is 10.1 Å². The van der Waals surface area contributed by atoms with Crippen LogP contribution in [0.4, 0.5) is 0 Å². The number of nitrogens with one attached hydrogen (secondary N) is 1. The van der Waals surface area contributed by atoms with Gasteiger partial charge in [-0.1, -0.05) is 43.1 Å². The van der Waals surface area contributed by atoms with Gasteiger partial charge in [0.1, 0.15) is 5.75 Å². The van der Waals surface area contributed by atoms with Crippen molar-refractivity contribution in [3.05, 3.63) is 58.1 Å². The summed E-state index contributed by atoms with van der Waals surface area (Å²) < 4.78 is 32.3. The summed E-state index contributed by atoms with van der Waals surface area (Å²) in [5.74, 6) is 0.276. The molecule has 0 aliphatic carbocycles. The van der Waals surface area contributed by atoms with E-state index < -0.39 is 15.4 Å². The van der Waals surface area contributed by atoms with E-state index in [1.807, 2.05) is 13.8 Å². The Hall–Kier alpha value is -1.80. The smallest absolute Gasteiger partial charge is 0.243 e. The van der Waals surface area contributed by atoms with Crippen LogP contribution in [0.1, 0.15) is 32.3 Å². The normalized spacial score (nSPS) is 16.0. The van der Waals surface area contributed by atoms with Gasteiger partial charge in [0.15, 0.2) is 0 Å². The molecule has 0 spiro atoms. The maximum atomic E-state index is 12.9. The first-order valence-corrected chi connectivity index (χ1v) is 12.6. The third-order valence-electron chi connectivity index (χ3n) is 5.87. The highest BCUT2D eigenvalue weighted by atomic mass is 35.5. The van der Waals surface area contributed by atoms with Crippen LogP contribution in [0.3, 0.4) is 0 Å². The van der Waals surface area contributed by atoms with Crippen LogP contribution in [0, 0.1) is 5.92 Å². The molecule has 2 aromatic rings. The second-order valence-corrected chi connectivity index (χ2v) is 11.3. The molecule has 3 rings (SSSR count). The van der Waals surface area contributed by atoms with E-state index in [0.717, 1.165) is 5.56 Å². The zero-order valence-electron chi connectivity index (χ0n) is 18.4. The highest BCUT2D eigenvalue weighted by molar-refractivity contribution is 7.89. The number of benzene rings is 2. The number of hydrogen-bond donors (Lipinski definition) is 1. The Kier molecular flexibility index (Phi) is 7.76. The molecule has 174 valence electrons. The lowest BCUT2D eigenvalue weighted by Gasteiger charge is -2.32. The largest absolute Gasteiger partial charge is 0.497 e. The van der Waals surface area contributed by atoms with Crippen LogP contribution >= 0.6 is 23.2 Å². The molecule has 2 aromatic carbocycles. The van der Waals surface area contributed by atoms with Gasteiger partial charge in [-0.15, -0.1) is 0 Å². The fraction of sp³-hybridized carbons (Fsp3) is 0.435. The molecule has 0 aromatic heterocycles. The third-order valence-corrected chi connectivity index (χ3v) is 8.41. The van der Waals surface area contributed by atoms with Gasteiger partial charge in [-0.2, -0.15) is 4.31 Å². The molecule has 1 N–H and O–H groups in total. The van der Waals surface area contributed by atoms with Gasteiger partial charge in [0, 0.05) is 41.0 Å². The number of hydrogen-bond acceptors (Lipinski definition) is 4. The van der Waals surface area contributed by atoms with Crippen molar-refractivity contribution in [3.8, 4) is 5.75 Å². The summed E-state index contributed by atoms with van der Waals surface area (Å²) in [7, 11) is -2.07. The lowest BCUT2D eigenvalue weighted by atomic mass is 9.84. The molecule has 1 aliphatic rings. The van der Waals surface area contributed by atoms with Crippen LogP contribution in [0.15, 0.2) is 47.4 Å². The first-order valence-electron chi connectivity index (χ1n) is 10.4. The monoisotopic (exact) mass is 498 g/mol. The maximum absolute atomic E-state index is 12.9. The summed E-state index contributed by atoms with van der Waals surface area (Å²) >= 11 is 12.7. The molecule has 1 fully saturated rings. The first kappa shape index (κ1) is 24.8. The molecule has 0 saturated carbocycles. The van der Waals surface area contributed by atoms with Gasteiger partial charge in [-0.3, -0.25) is 4.79 Å². The van der Waals surface area contributed by atoms with Crippen LogP contribution in [0.2, 0.25) is 10.0 Å². The van der Waals surface area contributed by atoms with Gasteiger partial charge in [0.25, 0.3) is 0 Å². The number of halogens is 2. The molecule has 1 aliphatic heterocycles. The summed E-state index contributed by atoms with van der Waals surface area (Å²) in [5.41, 5.74) is 0.341. The summed E-state index contributed by atoms with van der Waals surface area (Å²) in [4.78, 5) is 13.0.